The minimum Gasteiger partial charge on any atom is -0.392 e. The Morgan fingerprint density at radius 2 is 1.67 bits per heavy atom. The summed E-state index contributed by atoms with van der Waals surface area (Å²) in [6, 6.07) is 24.7. The van der Waals surface area contributed by atoms with Crippen LogP contribution in [0.15, 0.2) is 85.5 Å². The van der Waals surface area contributed by atoms with Gasteiger partial charge in [-0.2, -0.15) is 0 Å². The molecule has 0 spiro atoms. The molecule has 4 atom stereocenters. The average molecular weight is 672 g/mol. The molecule has 240 valence electrons. The van der Waals surface area contributed by atoms with Gasteiger partial charge in [-0.3, -0.25) is 9.69 Å². The summed E-state index contributed by atoms with van der Waals surface area (Å²) in [7, 11) is 0. The van der Waals surface area contributed by atoms with E-state index in [-0.39, 0.29) is 31.3 Å². The molecule has 9 heteroatoms. The van der Waals surface area contributed by atoms with E-state index in [2.05, 4.69) is 60.1 Å². The first-order valence-corrected chi connectivity index (χ1v) is 16.7. The van der Waals surface area contributed by atoms with Gasteiger partial charge in [0.2, 0.25) is 0 Å². The minimum absolute atomic E-state index is 0.00642. The number of halogens is 3. The van der Waals surface area contributed by atoms with E-state index in [9.17, 15) is 9.90 Å². The van der Waals surface area contributed by atoms with E-state index in [0.29, 0.717) is 6.04 Å². The van der Waals surface area contributed by atoms with Gasteiger partial charge in [-0.25, -0.2) is 0 Å². The van der Waals surface area contributed by atoms with Crippen molar-refractivity contribution >= 4 is 40.7 Å². The fourth-order valence-electron chi connectivity index (χ4n) is 6.34. The zero-order valence-electron chi connectivity index (χ0n) is 25.5. The van der Waals surface area contributed by atoms with E-state index >= 15 is 0 Å². The van der Waals surface area contributed by atoms with Gasteiger partial charge in [0.25, 0.3) is 9.70 Å². The van der Waals surface area contributed by atoms with E-state index in [1.54, 1.807) is 0 Å². The van der Waals surface area contributed by atoms with E-state index in [1.165, 1.54) is 25.7 Å². The Morgan fingerprint density at radius 3 is 2.31 bits per heavy atom. The van der Waals surface area contributed by atoms with Crippen molar-refractivity contribution in [3.63, 3.8) is 0 Å². The number of alkyl halides is 3. The third-order valence-electron chi connectivity index (χ3n) is 8.90. The number of hydrogen-bond acceptors (Lipinski definition) is 5. The van der Waals surface area contributed by atoms with Crippen molar-refractivity contribution in [1.82, 2.24) is 10.2 Å². The second kappa shape index (κ2) is 15.4. The molecule has 5 rings (SSSR count). The first-order valence-electron chi connectivity index (χ1n) is 15.6. The van der Waals surface area contributed by atoms with E-state index in [0.717, 1.165) is 46.5 Å². The molecule has 0 radical (unpaired) electrons. The molecule has 1 heterocycles. The predicted octanol–water partition coefficient (Wildman–Crippen LogP) is 8.05. The van der Waals surface area contributed by atoms with Gasteiger partial charge in [-0.15, -0.1) is 6.58 Å². The van der Waals surface area contributed by atoms with Crippen molar-refractivity contribution in [2.24, 2.45) is 5.92 Å². The zero-order valence-corrected chi connectivity index (χ0v) is 27.8. The number of hydrogen-bond donors (Lipinski definition) is 2. The number of nitrogens with zero attached hydrogens (tertiary/aromatic N) is 1. The average Bonchev–Trinajstić information content (AvgIpc) is 3.59. The van der Waals surface area contributed by atoms with Crippen LogP contribution in [0.25, 0.3) is 11.1 Å². The molecule has 1 aliphatic heterocycles. The van der Waals surface area contributed by atoms with Gasteiger partial charge in [0.05, 0.1) is 18.8 Å². The Kier molecular flexibility index (Phi) is 11.6. The van der Waals surface area contributed by atoms with Crippen LogP contribution < -0.4 is 5.32 Å². The number of carbonyl (C=O) groups is 1. The summed E-state index contributed by atoms with van der Waals surface area (Å²) in [5, 5.41) is 12.2. The number of carbonyl (C=O) groups excluding carboxylic acids is 1. The van der Waals surface area contributed by atoms with Crippen molar-refractivity contribution in [3.05, 3.63) is 108 Å². The molecule has 2 aliphatic rings. The normalized spacial score (nSPS) is 22.4. The Morgan fingerprint density at radius 1 is 0.978 bits per heavy atom. The van der Waals surface area contributed by atoms with Crippen molar-refractivity contribution in [2.75, 3.05) is 13.1 Å². The second-order valence-electron chi connectivity index (χ2n) is 12.0. The van der Waals surface area contributed by atoms with Crippen molar-refractivity contribution in [1.29, 1.82) is 0 Å². The Bertz CT molecular complexity index is 1420. The highest BCUT2D eigenvalue weighted by molar-refractivity contribution is 6.76. The van der Waals surface area contributed by atoms with E-state index in [4.69, 9.17) is 44.3 Å². The molecule has 1 saturated heterocycles. The smallest absolute Gasteiger partial charge is 0.272 e. The second-order valence-corrected chi connectivity index (χ2v) is 14.3. The first-order chi connectivity index (χ1) is 21.7. The summed E-state index contributed by atoms with van der Waals surface area (Å²) in [5.74, 6) is -0.556. The van der Waals surface area contributed by atoms with Crippen LogP contribution in [0.2, 0.25) is 0 Å². The highest BCUT2D eigenvalue weighted by Gasteiger charge is 2.40. The maximum Gasteiger partial charge on any atom is 0.272 e. The van der Waals surface area contributed by atoms with Crippen LogP contribution >= 0.6 is 34.8 Å². The van der Waals surface area contributed by atoms with Crippen molar-refractivity contribution in [3.8, 4) is 11.1 Å². The molecule has 0 aromatic heterocycles. The van der Waals surface area contributed by atoms with Crippen LogP contribution in [0.3, 0.4) is 0 Å². The quantitative estimate of drug-likeness (QED) is 0.160. The highest BCUT2D eigenvalue weighted by Crippen LogP contribution is 2.42. The SMILES string of the molecule is C=CCN(C[C@@H]1O[C@H](c2ccc(-c3cccc(CNC(=O)C(Cl)(Cl)Cl)c3)cc2)O[C@H](c2ccc(CO)cc2)[C@@H]1C)C1CCCC1. The molecule has 1 amide bonds. The lowest BCUT2D eigenvalue weighted by Crippen LogP contribution is -2.47. The number of benzene rings is 3. The largest absolute Gasteiger partial charge is 0.392 e. The van der Waals surface area contributed by atoms with Gasteiger partial charge in [-0.1, -0.05) is 127 Å². The molecule has 0 unspecified atom stereocenters. The maximum absolute atomic E-state index is 12.0. The van der Waals surface area contributed by atoms with Gasteiger partial charge in [0, 0.05) is 37.2 Å². The van der Waals surface area contributed by atoms with Crippen molar-refractivity contribution < 1.29 is 19.4 Å². The van der Waals surface area contributed by atoms with Crippen molar-refractivity contribution in [2.45, 2.75) is 74.1 Å². The summed E-state index contributed by atoms with van der Waals surface area (Å²) < 4.78 is 11.4. The minimum atomic E-state index is -2.00. The number of aliphatic hydroxyl groups is 1. The fraction of sp³-hybridized carbons (Fsp3) is 0.417. The Balaban J connectivity index is 1.36. The van der Waals surface area contributed by atoms with Crippen LogP contribution in [0.4, 0.5) is 0 Å². The molecule has 2 fully saturated rings. The van der Waals surface area contributed by atoms with Crippen LogP contribution in [-0.2, 0) is 27.4 Å². The topological polar surface area (TPSA) is 71.0 Å². The van der Waals surface area contributed by atoms with Crippen LogP contribution in [0.5, 0.6) is 0 Å². The van der Waals surface area contributed by atoms with E-state index < -0.39 is 16.0 Å². The highest BCUT2D eigenvalue weighted by atomic mass is 35.6. The molecule has 3 aromatic rings. The molecule has 0 bridgehead atoms. The Labute approximate surface area is 281 Å². The first kappa shape index (κ1) is 33.9. The molecule has 3 aromatic carbocycles. The third-order valence-corrected chi connectivity index (χ3v) is 9.41. The zero-order chi connectivity index (χ0) is 32.0. The van der Waals surface area contributed by atoms with Gasteiger partial charge in [-0.05, 0) is 46.7 Å². The lowest BCUT2D eigenvalue weighted by molar-refractivity contribution is -0.276. The van der Waals surface area contributed by atoms with Crippen LogP contribution in [-0.4, -0.2) is 44.9 Å². The standard InChI is InChI=1S/C36H41Cl3N2O4/c1-3-19-41(31-9-4-5-10-31)22-32-24(2)33(28-13-11-25(23-42)12-14-28)45-34(44-32)29-17-15-27(16-18-29)30-8-6-7-26(20-30)21-40-35(43)36(37,38)39/h3,6-8,11-18,20,24,31-34,42H,1,4-5,9-10,19,21-23H2,2H3,(H,40,43)/t24-,32+,33+,34+/m1/s1. The lowest BCUT2D eigenvalue weighted by Gasteiger charge is -2.43. The summed E-state index contributed by atoms with van der Waals surface area (Å²) in [6.45, 7) is 8.13. The molecule has 45 heavy (non-hydrogen) atoms. The molecule has 1 aliphatic carbocycles. The number of ether oxygens (including phenoxy) is 2. The summed E-state index contributed by atoms with van der Waals surface area (Å²) in [5.41, 5.74) is 5.79. The molecule has 6 nitrogen and oxygen atoms in total. The maximum atomic E-state index is 12.0. The monoisotopic (exact) mass is 670 g/mol. The molecule has 1 saturated carbocycles. The summed E-state index contributed by atoms with van der Waals surface area (Å²) in [6.07, 6.45) is 6.19. The number of amides is 1. The van der Waals surface area contributed by atoms with Gasteiger partial charge >= 0.3 is 0 Å². The molecular weight excluding hydrogens is 631 g/mol. The fourth-order valence-corrected chi connectivity index (χ4v) is 6.54. The number of aliphatic hydroxyl groups excluding tert-OH is 1. The lowest BCUT2D eigenvalue weighted by atomic mass is 9.89. The van der Waals surface area contributed by atoms with Crippen LogP contribution in [0, 0.1) is 5.92 Å². The molecular formula is C36H41Cl3N2O4. The van der Waals surface area contributed by atoms with Gasteiger partial charge in [0.15, 0.2) is 6.29 Å². The number of rotatable bonds is 11. The van der Waals surface area contributed by atoms with Crippen LogP contribution in [0.1, 0.15) is 67.3 Å². The Hall–Kier alpha value is -2.42. The predicted molar refractivity (Wildman–Crippen MR) is 181 cm³/mol. The van der Waals surface area contributed by atoms with Gasteiger partial charge < -0.3 is 19.9 Å². The van der Waals surface area contributed by atoms with Gasteiger partial charge in [0.1, 0.15) is 0 Å². The summed E-state index contributed by atoms with van der Waals surface area (Å²) in [4.78, 5) is 14.5. The summed E-state index contributed by atoms with van der Waals surface area (Å²) >= 11 is 17.0. The van der Waals surface area contributed by atoms with E-state index in [1.807, 2.05) is 42.5 Å². The number of nitrogens with one attached hydrogen (secondary N) is 1. The third kappa shape index (κ3) is 8.69. The molecule has 2 N–H and O–H groups in total.